The molecule has 1 aliphatic rings. The molecule has 0 unspecified atom stereocenters. The molecule has 2 aromatic rings. The number of carbonyl (C=O) groups is 1. The molecule has 5 nitrogen and oxygen atoms in total. The van der Waals surface area contributed by atoms with Gasteiger partial charge in [-0.2, -0.15) is 0 Å². The van der Waals surface area contributed by atoms with Gasteiger partial charge in [-0.25, -0.2) is 4.79 Å². The van der Waals surface area contributed by atoms with E-state index in [1.54, 1.807) is 25.3 Å². The Morgan fingerprint density at radius 3 is 2.37 bits per heavy atom. The van der Waals surface area contributed by atoms with Gasteiger partial charge in [0, 0.05) is 6.20 Å². The molecule has 0 aliphatic carbocycles. The van der Waals surface area contributed by atoms with E-state index in [-0.39, 0.29) is 5.97 Å². The minimum atomic E-state index is -0.596. The average Bonchev–Trinajstić information content (AvgIpc) is 2.82. The molecular formula is C21H26BNO4. The Labute approximate surface area is 161 Å². The van der Waals surface area contributed by atoms with Crippen LogP contribution < -0.4 is 5.46 Å². The van der Waals surface area contributed by atoms with Gasteiger partial charge in [-0.1, -0.05) is 6.07 Å². The van der Waals surface area contributed by atoms with Crippen LogP contribution in [0.15, 0.2) is 36.5 Å². The Balaban J connectivity index is 2.11. The van der Waals surface area contributed by atoms with Gasteiger partial charge in [-0.05, 0) is 82.4 Å². The van der Waals surface area contributed by atoms with Gasteiger partial charge < -0.3 is 14.0 Å². The van der Waals surface area contributed by atoms with Crippen LogP contribution in [0.4, 0.5) is 0 Å². The zero-order valence-corrected chi connectivity index (χ0v) is 16.8. The molecule has 0 amide bonds. The van der Waals surface area contributed by atoms with Crippen molar-refractivity contribution in [3.63, 3.8) is 0 Å². The molecule has 0 atom stereocenters. The molecule has 142 valence electrons. The van der Waals surface area contributed by atoms with E-state index >= 15 is 0 Å². The topological polar surface area (TPSA) is 57.7 Å². The molecule has 0 radical (unpaired) electrons. The Kier molecular flexibility index (Phi) is 5.15. The maximum absolute atomic E-state index is 12.2. The van der Waals surface area contributed by atoms with Crippen LogP contribution in [0.1, 0.15) is 50.5 Å². The van der Waals surface area contributed by atoms with Gasteiger partial charge in [0.1, 0.15) is 0 Å². The van der Waals surface area contributed by atoms with Gasteiger partial charge in [-0.15, -0.1) is 0 Å². The fourth-order valence-electron chi connectivity index (χ4n) is 2.99. The van der Waals surface area contributed by atoms with Crippen molar-refractivity contribution in [3.05, 3.63) is 47.7 Å². The van der Waals surface area contributed by atoms with E-state index in [2.05, 4.69) is 4.98 Å². The highest BCUT2D eigenvalue weighted by Crippen LogP contribution is 2.37. The van der Waals surface area contributed by atoms with Gasteiger partial charge in [0.05, 0.1) is 29.1 Å². The summed E-state index contributed by atoms with van der Waals surface area (Å²) in [5.41, 5.74) is 3.09. The monoisotopic (exact) mass is 367 g/mol. The van der Waals surface area contributed by atoms with E-state index in [1.165, 1.54) is 0 Å². The average molecular weight is 367 g/mol. The number of aryl methyl sites for hydroxylation is 1. The lowest BCUT2D eigenvalue weighted by atomic mass is 9.74. The normalized spacial score (nSPS) is 17.8. The van der Waals surface area contributed by atoms with E-state index < -0.39 is 18.3 Å². The van der Waals surface area contributed by atoms with Crippen molar-refractivity contribution in [3.8, 4) is 11.3 Å². The number of benzene rings is 1. The van der Waals surface area contributed by atoms with Gasteiger partial charge >= 0.3 is 13.1 Å². The lowest BCUT2D eigenvalue weighted by Gasteiger charge is -2.32. The summed E-state index contributed by atoms with van der Waals surface area (Å²) < 4.78 is 17.6. The molecule has 0 spiro atoms. The van der Waals surface area contributed by atoms with E-state index in [0.29, 0.717) is 12.2 Å². The maximum atomic E-state index is 12.2. The standard InChI is InChI=1S/C21H26BNO4/c1-7-25-19(24)15-8-9-16(18-12-14(2)10-11-23-18)17(13-15)22-26-20(3,4)21(5,6)27-22/h8-13H,7H2,1-6H3. The van der Waals surface area contributed by atoms with Crippen LogP contribution in [-0.2, 0) is 14.0 Å². The summed E-state index contributed by atoms with van der Waals surface area (Å²) in [4.78, 5) is 16.7. The van der Waals surface area contributed by atoms with Crippen LogP contribution in [-0.4, -0.2) is 35.9 Å². The predicted molar refractivity (Wildman–Crippen MR) is 106 cm³/mol. The molecule has 1 aliphatic heterocycles. The first-order valence-corrected chi connectivity index (χ1v) is 9.24. The summed E-state index contributed by atoms with van der Waals surface area (Å²) >= 11 is 0. The number of aromatic nitrogens is 1. The van der Waals surface area contributed by atoms with Gasteiger partial charge in [0.15, 0.2) is 0 Å². The third-order valence-electron chi connectivity index (χ3n) is 5.26. The van der Waals surface area contributed by atoms with E-state index in [4.69, 9.17) is 14.0 Å². The highest BCUT2D eigenvalue weighted by molar-refractivity contribution is 6.64. The third kappa shape index (κ3) is 3.78. The number of hydrogen-bond donors (Lipinski definition) is 0. The second kappa shape index (κ2) is 7.10. The number of carbonyl (C=O) groups excluding carboxylic acids is 1. The van der Waals surface area contributed by atoms with Crippen molar-refractivity contribution < 1.29 is 18.8 Å². The lowest BCUT2D eigenvalue weighted by Crippen LogP contribution is -2.41. The van der Waals surface area contributed by atoms with E-state index in [9.17, 15) is 4.79 Å². The minimum Gasteiger partial charge on any atom is -0.462 e. The number of rotatable bonds is 4. The smallest absolute Gasteiger partial charge is 0.462 e. The van der Waals surface area contributed by atoms with Crippen LogP contribution in [0, 0.1) is 6.92 Å². The van der Waals surface area contributed by atoms with Crippen molar-refractivity contribution in [2.75, 3.05) is 6.61 Å². The molecule has 0 bridgehead atoms. The summed E-state index contributed by atoms with van der Waals surface area (Å²) in [6.45, 7) is 12.2. The number of pyridine rings is 1. The van der Waals surface area contributed by atoms with Gasteiger partial charge in [0.25, 0.3) is 0 Å². The molecule has 1 saturated heterocycles. The van der Waals surface area contributed by atoms with Crippen molar-refractivity contribution >= 4 is 18.6 Å². The highest BCUT2D eigenvalue weighted by atomic mass is 16.7. The summed E-state index contributed by atoms with van der Waals surface area (Å²) in [5, 5.41) is 0. The summed E-state index contributed by atoms with van der Waals surface area (Å²) in [6, 6.07) is 9.39. The van der Waals surface area contributed by atoms with E-state index in [0.717, 1.165) is 22.3 Å². The molecule has 0 saturated carbocycles. The van der Waals surface area contributed by atoms with Crippen molar-refractivity contribution in [2.45, 2.75) is 52.7 Å². The van der Waals surface area contributed by atoms with Crippen LogP contribution >= 0.6 is 0 Å². The number of esters is 1. The quantitative estimate of drug-likeness (QED) is 0.611. The molecule has 27 heavy (non-hydrogen) atoms. The first-order chi connectivity index (χ1) is 12.6. The minimum absolute atomic E-state index is 0.325. The summed E-state index contributed by atoms with van der Waals surface area (Å²) in [6.07, 6.45) is 1.78. The highest BCUT2D eigenvalue weighted by Gasteiger charge is 2.52. The van der Waals surface area contributed by atoms with Crippen molar-refractivity contribution in [2.24, 2.45) is 0 Å². The van der Waals surface area contributed by atoms with Crippen LogP contribution in [0.2, 0.25) is 0 Å². The second-order valence-corrected chi connectivity index (χ2v) is 7.83. The van der Waals surface area contributed by atoms with Crippen LogP contribution in [0.5, 0.6) is 0 Å². The number of ether oxygens (including phenoxy) is 1. The van der Waals surface area contributed by atoms with Crippen molar-refractivity contribution in [1.29, 1.82) is 0 Å². The molecule has 6 heteroatoms. The SMILES string of the molecule is CCOC(=O)c1ccc(-c2cc(C)ccn2)c(B2OC(C)(C)C(C)(C)O2)c1. The molecule has 3 rings (SSSR count). The van der Waals surface area contributed by atoms with Crippen LogP contribution in [0.25, 0.3) is 11.3 Å². The Bertz CT molecular complexity index is 847. The Morgan fingerprint density at radius 1 is 1.11 bits per heavy atom. The number of nitrogens with zero attached hydrogens (tertiary/aromatic N) is 1. The predicted octanol–water partition coefficient (Wildman–Crippen LogP) is 3.53. The third-order valence-corrected chi connectivity index (χ3v) is 5.26. The molecule has 2 heterocycles. The molecule has 1 aromatic carbocycles. The van der Waals surface area contributed by atoms with E-state index in [1.807, 2.05) is 52.8 Å². The summed E-state index contributed by atoms with van der Waals surface area (Å²) in [7, 11) is -0.596. The lowest BCUT2D eigenvalue weighted by molar-refractivity contribution is 0.00578. The van der Waals surface area contributed by atoms with Crippen molar-refractivity contribution in [1.82, 2.24) is 4.98 Å². The fourth-order valence-corrected chi connectivity index (χ4v) is 2.99. The largest absolute Gasteiger partial charge is 0.495 e. The summed E-state index contributed by atoms with van der Waals surface area (Å²) in [5.74, 6) is -0.362. The molecular weight excluding hydrogens is 341 g/mol. The Morgan fingerprint density at radius 2 is 1.78 bits per heavy atom. The first-order valence-electron chi connectivity index (χ1n) is 9.24. The zero-order valence-electron chi connectivity index (χ0n) is 16.8. The fraction of sp³-hybridized carbons (Fsp3) is 0.429. The molecule has 1 fully saturated rings. The van der Waals surface area contributed by atoms with Gasteiger partial charge in [-0.3, -0.25) is 4.98 Å². The molecule has 0 N–H and O–H groups in total. The van der Waals surface area contributed by atoms with Gasteiger partial charge in [0.2, 0.25) is 0 Å². The maximum Gasteiger partial charge on any atom is 0.495 e. The zero-order chi connectivity index (χ0) is 19.8. The second-order valence-electron chi connectivity index (χ2n) is 7.83. The van der Waals surface area contributed by atoms with Crippen LogP contribution in [0.3, 0.4) is 0 Å². The molecule has 1 aromatic heterocycles. The first kappa shape index (κ1) is 19.6. The number of hydrogen-bond acceptors (Lipinski definition) is 5. The Hall–Kier alpha value is -2.18.